The van der Waals surface area contributed by atoms with Gasteiger partial charge in [0.25, 0.3) is 0 Å². The molecule has 1 heterocycles. The molecule has 0 aliphatic rings. The molecular weight excluding hydrogens is 238 g/mol. The zero-order chi connectivity index (χ0) is 13.5. The van der Waals surface area contributed by atoms with Crippen molar-refractivity contribution < 1.29 is 0 Å². The number of aromatic nitrogens is 2. The molecule has 0 amide bonds. The predicted molar refractivity (Wildman–Crippen MR) is 78.9 cm³/mol. The minimum atomic E-state index is 0.785. The van der Waals surface area contributed by atoms with Crippen LogP contribution in [0, 0.1) is 6.92 Å². The maximum Gasteiger partial charge on any atom is 0.135 e. The van der Waals surface area contributed by atoms with Crippen LogP contribution in [0.3, 0.4) is 0 Å². The second-order valence-electron chi connectivity index (χ2n) is 4.31. The van der Waals surface area contributed by atoms with E-state index < -0.39 is 0 Å². The zero-order valence-corrected chi connectivity index (χ0v) is 11.3. The van der Waals surface area contributed by atoms with Crippen molar-refractivity contribution in [3.05, 3.63) is 42.2 Å². The summed E-state index contributed by atoms with van der Waals surface area (Å²) in [5.74, 6) is 1.60. The molecule has 0 spiro atoms. The fraction of sp³-hybridized carbons (Fsp3) is 0.286. The lowest BCUT2D eigenvalue weighted by atomic mass is 10.2. The lowest BCUT2D eigenvalue weighted by Gasteiger charge is -2.08. The van der Waals surface area contributed by atoms with Gasteiger partial charge in [0, 0.05) is 24.8 Å². The normalized spacial score (nSPS) is 10.2. The molecule has 1 aromatic carbocycles. The lowest BCUT2D eigenvalue weighted by Crippen LogP contribution is -2.18. The molecule has 1 aromatic heterocycles. The Labute approximate surface area is 113 Å². The summed E-state index contributed by atoms with van der Waals surface area (Å²) >= 11 is 0. The predicted octanol–water partition coefficient (Wildman–Crippen LogP) is 2.16. The largest absolute Gasteiger partial charge is 0.369 e. The fourth-order valence-corrected chi connectivity index (χ4v) is 1.71. The van der Waals surface area contributed by atoms with Crippen molar-refractivity contribution in [3.63, 3.8) is 0 Å². The summed E-state index contributed by atoms with van der Waals surface area (Å²) in [7, 11) is 1.92. The molecule has 0 saturated carbocycles. The summed E-state index contributed by atoms with van der Waals surface area (Å²) in [6, 6.07) is 10.1. The van der Waals surface area contributed by atoms with Crippen molar-refractivity contribution in [2.75, 3.05) is 30.8 Å². The molecule has 0 aliphatic carbocycles. The van der Waals surface area contributed by atoms with Gasteiger partial charge in [0.2, 0.25) is 0 Å². The van der Waals surface area contributed by atoms with E-state index in [9.17, 15) is 0 Å². The van der Waals surface area contributed by atoms with Crippen LogP contribution in [0.4, 0.5) is 17.3 Å². The van der Waals surface area contributed by atoms with E-state index in [-0.39, 0.29) is 0 Å². The standard InChI is InChI=1S/C14H19N5/c1-11-4-3-5-12(8-11)19-14-9-13(17-10-18-14)16-7-6-15-2/h3-5,8-10,15H,6-7H2,1-2H3,(H2,16,17,18,19). The van der Waals surface area contributed by atoms with Crippen LogP contribution >= 0.6 is 0 Å². The van der Waals surface area contributed by atoms with Gasteiger partial charge in [0.15, 0.2) is 0 Å². The molecule has 19 heavy (non-hydrogen) atoms. The van der Waals surface area contributed by atoms with E-state index in [1.54, 1.807) is 6.33 Å². The third-order valence-electron chi connectivity index (χ3n) is 2.64. The molecule has 0 aliphatic heterocycles. The van der Waals surface area contributed by atoms with E-state index in [0.717, 1.165) is 30.4 Å². The number of hydrogen-bond donors (Lipinski definition) is 3. The Kier molecular flexibility index (Phi) is 4.69. The number of nitrogens with one attached hydrogen (secondary N) is 3. The first-order valence-electron chi connectivity index (χ1n) is 6.32. The maximum absolute atomic E-state index is 4.21. The minimum absolute atomic E-state index is 0.785. The molecule has 0 radical (unpaired) electrons. The smallest absolute Gasteiger partial charge is 0.135 e. The summed E-state index contributed by atoms with van der Waals surface area (Å²) in [5.41, 5.74) is 2.24. The number of rotatable bonds is 6. The summed E-state index contributed by atoms with van der Waals surface area (Å²) in [5, 5.41) is 9.58. The molecule has 0 fully saturated rings. The number of anilines is 3. The number of nitrogens with zero attached hydrogens (tertiary/aromatic N) is 2. The average molecular weight is 257 g/mol. The zero-order valence-electron chi connectivity index (χ0n) is 11.3. The topological polar surface area (TPSA) is 61.9 Å². The Morgan fingerprint density at radius 1 is 1.05 bits per heavy atom. The Morgan fingerprint density at radius 2 is 1.89 bits per heavy atom. The Morgan fingerprint density at radius 3 is 2.68 bits per heavy atom. The highest BCUT2D eigenvalue weighted by molar-refractivity contribution is 5.59. The highest BCUT2D eigenvalue weighted by Crippen LogP contribution is 2.16. The highest BCUT2D eigenvalue weighted by atomic mass is 15.1. The van der Waals surface area contributed by atoms with Gasteiger partial charge in [-0.25, -0.2) is 9.97 Å². The van der Waals surface area contributed by atoms with E-state index in [1.165, 1.54) is 5.56 Å². The molecule has 2 aromatic rings. The molecule has 0 bridgehead atoms. The molecule has 3 N–H and O–H groups in total. The molecular formula is C14H19N5. The van der Waals surface area contributed by atoms with E-state index in [4.69, 9.17) is 0 Å². The number of hydrogen-bond acceptors (Lipinski definition) is 5. The van der Waals surface area contributed by atoms with Gasteiger partial charge < -0.3 is 16.0 Å². The van der Waals surface area contributed by atoms with E-state index >= 15 is 0 Å². The number of aryl methyl sites for hydroxylation is 1. The van der Waals surface area contributed by atoms with Crippen LogP contribution < -0.4 is 16.0 Å². The molecule has 100 valence electrons. The van der Waals surface area contributed by atoms with Crippen LogP contribution in [-0.2, 0) is 0 Å². The van der Waals surface area contributed by atoms with Gasteiger partial charge >= 0.3 is 0 Å². The molecule has 0 saturated heterocycles. The van der Waals surface area contributed by atoms with Crippen molar-refractivity contribution >= 4 is 17.3 Å². The van der Waals surface area contributed by atoms with Gasteiger partial charge in [-0.2, -0.15) is 0 Å². The quantitative estimate of drug-likeness (QED) is 0.692. The number of benzene rings is 1. The van der Waals surface area contributed by atoms with Gasteiger partial charge in [0.05, 0.1) is 0 Å². The molecule has 0 atom stereocenters. The second kappa shape index (κ2) is 6.70. The van der Waals surface area contributed by atoms with Crippen molar-refractivity contribution in [1.29, 1.82) is 0 Å². The van der Waals surface area contributed by atoms with Crippen LogP contribution in [0.5, 0.6) is 0 Å². The van der Waals surface area contributed by atoms with Crippen molar-refractivity contribution in [1.82, 2.24) is 15.3 Å². The van der Waals surface area contributed by atoms with Crippen molar-refractivity contribution in [3.8, 4) is 0 Å². The van der Waals surface area contributed by atoms with Crippen molar-refractivity contribution in [2.45, 2.75) is 6.92 Å². The van der Waals surface area contributed by atoms with E-state index in [1.807, 2.05) is 25.2 Å². The SMILES string of the molecule is CNCCNc1cc(Nc2cccc(C)c2)ncn1. The Balaban J connectivity index is 2.02. The van der Waals surface area contributed by atoms with Crippen LogP contribution in [0.2, 0.25) is 0 Å². The van der Waals surface area contributed by atoms with Gasteiger partial charge in [-0.05, 0) is 31.7 Å². The monoisotopic (exact) mass is 257 g/mol. The summed E-state index contributed by atoms with van der Waals surface area (Å²) in [6.07, 6.45) is 1.56. The molecule has 5 nitrogen and oxygen atoms in total. The molecule has 0 unspecified atom stereocenters. The van der Waals surface area contributed by atoms with Gasteiger partial charge in [-0.1, -0.05) is 12.1 Å². The summed E-state index contributed by atoms with van der Waals surface area (Å²) in [6.45, 7) is 3.79. The first kappa shape index (κ1) is 13.3. The van der Waals surface area contributed by atoms with Crippen LogP contribution in [0.1, 0.15) is 5.56 Å². The summed E-state index contributed by atoms with van der Waals surface area (Å²) < 4.78 is 0. The first-order chi connectivity index (χ1) is 9.28. The van der Waals surface area contributed by atoms with Crippen molar-refractivity contribution in [2.24, 2.45) is 0 Å². The Bertz CT molecular complexity index is 527. The average Bonchev–Trinajstić information content (AvgIpc) is 2.39. The fourth-order valence-electron chi connectivity index (χ4n) is 1.71. The maximum atomic E-state index is 4.21. The van der Waals surface area contributed by atoms with Crippen LogP contribution in [0.25, 0.3) is 0 Å². The summed E-state index contributed by atoms with van der Waals surface area (Å²) in [4.78, 5) is 8.40. The third-order valence-corrected chi connectivity index (χ3v) is 2.64. The second-order valence-corrected chi connectivity index (χ2v) is 4.31. The first-order valence-corrected chi connectivity index (χ1v) is 6.32. The van der Waals surface area contributed by atoms with E-state index in [2.05, 4.69) is 45.0 Å². The highest BCUT2D eigenvalue weighted by Gasteiger charge is 1.99. The minimum Gasteiger partial charge on any atom is -0.369 e. The number of likely N-dealkylation sites (N-methyl/N-ethyl adjacent to an activating group) is 1. The third kappa shape index (κ3) is 4.22. The lowest BCUT2D eigenvalue weighted by molar-refractivity contribution is 0.821. The molecule has 5 heteroatoms. The Hall–Kier alpha value is -2.14. The van der Waals surface area contributed by atoms with E-state index in [0.29, 0.717) is 0 Å². The van der Waals surface area contributed by atoms with Gasteiger partial charge in [0.1, 0.15) is 18.0 Å². The van der Waals surface area contributed by atoms with Gasteiger partial charge in [-0.15, -0.1) is 0 Å². The molecule has 2 rings (SSSR count). The van der Waals surface area contributed by atoms with Gasteiger partial charge in [-0.3, -0.25) is 0 Å². The van der Waals surface area contributed by atoms with Crippen LogP contribution in [-0.4, -0.2) is 30.1 Å². The van der Waals surface area contributed by atoms with Crippen LogP contribution in [0.15, 0.2) is 36.7 Å².